The Labute approximate surface area is 105 Å². The predicted octanol–water partition coefficient (Wildman–Crippen LogP) is 2.17. The maximum atomic E-state index is 11.2. The second-order valence-corrected chi connectivity index (χ2v) is 3.69. The molecular weight excluding hydrogens is 228 g/mol. The lowest BCUT2D eigenvalue weighted by Crippen LogP contribution is -2.31. The molecule has 1 aliphatic heterocycles. The molecule has 1 N–H and O–H groups in total. The van der Waals surface area contributed by atoms with Crippen LogP contribution in [0.2, 0.25) is 0 Å². The largest absolute Gasteiger partial charge is 0.351 e. The second-order valence-electron chi connectivity index (χ2n) is 3.69. The number of imidazole rings is 1. The number of aromatic amines is 1. The molecule has 92 valence electrons. The molecule has 1 aliphatic rings. The summed E-state index contributed by atoms with van der Waals surface area (Å²) in [5.41, 5.74) is 1.77. The zero-order valence-electron chi connectivity index (χ0n) is 10.1. The highest BCUT2D eigenvalue weighted by Gasteiger charge is 2.16. The molecule has 1 amide bonds. The Morgan fingerprint density at radius 2 is 2.22 bits per heavy atom. The Balaban J connectivity index is 0.000000202. The summed E-state index contributed by atoms with van der Waals surface area (Å²) in [6, 6.07) is 7.64. The topological polar surface area (TPSA) is 61.4 Å². The molecule has 0 bridgehead atoms. The summed E-state index contributed by atoms with van der Waals surface area (Å²) < 4.78 is 0. The van der Waals surface area contributed by atoms with Crippen LogP contribution >= 0.6 is 0 Å². The van der Waals surface area contributed by atoms with E-state index in [2.05, 4.69) is 15.0 Å². The number of para-hydroxylation sites is 2. The van der Waals surface area contributed by atoms with Crippen LogP contribution in [0.3, 0.4) is 0 Å². The van der Waals surface area contributed by atoms with Crippen molar-refractivity contribution in [2.45, 2.75) is 6.92 Å². The minimum absolute atomic E-state index is 0.0543. The zero-order chi connectivity index (χ0) is 12.8. The van der Waals surface area contributed by atoms with Crippen LogP contribution in [0.1, 0.15) is 6.92 Å². The molecule has 0 spiro atoms. The number of aromatic nitrogens is 2. The Hall–Kier alpha value is -2.43. The highest BCUT2D eigenvalue weighted by atomic mass is 16.2. The molecule has 1 aromatic carbocycles. The Morgan fingerprint density at radius 1 is 1.39 bits per heavy atom. The molecule has 1 aromatic heterocycles. The predicted molar refractivity (Wildman–Crippen MR) is 71.2 cm³/mol. The molecule has 2 heterocycles. The number of anilines is 1. The van der Waals surface area contributed by atoms with Gasteiger partial charge in [-0.2, -0.15) is 0 Å². The molecule has 5 nitrogen and oxygen atoms in total. The molecule has 0 aliphatic carbocycles. The first-order valence-corrected chi connectivity index (χ1v) is 5.61. The van der Waals surface area contributed by atoms with Crippen molar-refractivity contribution >= 4 is 23.5 Å². The van der Waals surface area contributed by atoms with Crippen LogP contribution in [0.25, 0.3) is 0 Å². The third kappa shape index (κ3) is 2.82. The number of carbonyl (C=O) groups is 1. The van der Waals surface area contributed by atoms with Gasteiger partial charge in [-0.1, -0.05) is 12.1 Å². The van der Waals surface area contributed by atoms with Crippen LogP contribution in [-0.2, 0) is 4.79 Å². The van der Waals surface area contributed by atoms with Crippen LogP contribution in [0, 0.1) is 0 Å². The lowest BCUT2D eigenvalue weighted by Gasteiger charge is -2.23. The first-order valence-electron chi connectivity index (χ1n) is 5.61. The van der Waals surface area contributed by atoms with Crippen LogP contribution in [0.15, 0.2) is 48.0 Å². The third-order valence-corrected chi connectivity index (χ3v) is 2.45. The minimum Gasteiger partial charge on any atom is -0.351 e. The summed E-state index contributed by atoms with van der Waals surface area (Å²) in [7, 11) is 0. The lowest BCUT2D eigenvalue weighted by molar-refractivity contribution is -0.116. The molecule has 0 fully saturated rings. The molecule has 18 heavy (non-hydrogen) atoms. The minimum atomic E-state index is 0.0543. The van der Waals surface area contributed by atoms with E-state index in [1.54, 1.807) is 36.8 Å². The van der Waals surface area contributed by atoms with Gasteiger partial charge in [0.05, 0.1) is 24.2 Å². The van der Waals surface area contributed by atoms with Crippen molar-refractivity contribution in [2.75, 3.05) is 11.4 Å². The second kappa shape index (κ2) is 5.77. The molecular formula is C13H14N4O. The van der Waals surface area contributed by atoms with Gasteiger partial charge in [-0.05, 0) is 12.1 Å². The van der Waals surface area contributed by atoms with Crippen molar-refractivity contribution in [3.05, 3.63) is 43.0 Å². The number of aliphatic imine (C=N–C) groups is 1. The summed E-state index contributed by atoms with van der Waals surface area (Å²) in [5.74, 6) is 0.0543. The Bertz CT molecular complexity index is 516. The van der Waals surface area contributed by atoms with Gasteiger partial charge in [0, 0.05) is 25.5 Å². The van der Waals surface area contributed by atoms with E-state index >= 15 is 0 Å². The van der Waals surface area contributed by atoms with E-state index in [0.29, 0.717) is 6.54 Å². The lowest BCUT2D eigenvalue weighted by atomic mass is 10.2. The maximum absolute atomic E-state index is 11.2. The molecule has 5 heteroatoms. The standard InChI is InChI=1S/C10H10N2O.C3H4N2/c1-8(13)12-7-6-11-9-4-2-3-5-10(9)12;1-2-5-3-4-1/h2-6H,7H2,1H3;1-3H,(H,4,5). The molecule has 0 saturated carbocycles. The fourth-order valence-electron chi connectivity index (χ4n) is 1.63. The molecule has 3 rings (SSSR count). The number of amides is 1. The zero-order valence-corrected chi connectivity index (χ0v) is 10.1. The smallest absolute Gasteiger partial charge is 0.224 e. The van der Waals surface area contributed by atoms with Crippen molar-refractivity contribution in [1.82, 2.24) is 9.97 Å². The molecule has 0 atom stereocenters. The SMILES string of the molecule is CC(=O)N1CC=Nc2ccccc21.c1c[nH]cn1. The van der Waals surface area contributed by atoms with Crippen LogP contribution in [0.4, 0.5) is 11.4 Å². The molecule has 0 saturated heterocycles. The summed E-state index contributed by atoms with van der Waals surface area (Å²) in [4.78, 5) is 23.6. The molecule has 0 radical (unpaired) electrons. The summed E-state index contributed by atoms with van der Waals surface area (Å²) in [6.07, 6.45) is 6.84. The average molecular weight is 242 g/mol. The first kappa shape index (κ1) is 12.0. The average Bonchev–Trinajstić information content (AvgIpc) is 2.97. The van der Waals surface area contributed by atoms with Gasteiger partial charge in [0.1, 0.15) is 0 Å². The van der Waals surface area contributed by atoms with Crippen molar-refractivity contribution in [3.63, 3.8) is 0 Å². The fraction of sp³-hybridized carbons (Fsp3) is 0.154. The van der Waals surface area contributed by atoms with E-state index in [1.165, 1.54) is 0 Å². The van der Waals surface area contributed by atoms with E-state index in [-0.39, 0.29) is 5.91 Å². The van der Waals surface area contributed by atoms with Crippen molar-refractivity contribution in [2.24, 2.45) is 4.99 Å². The van der Waals surface area contributed by atoms with E-state index in [4.69, 9.17) is 0 Å². The van der Waals surface area contributed by atoms with E-state index in [9.17, 15) is 4.79 Å². The number of benzene rings is 1. The molecule has 2 aromatic rings. The number of hydrogen-bond acceptors (Lipinski definition) is 3. The van der Waals surface area contributed by atoms with E-state index in [1.807, 2.05) is 24.3 Å². The van der Waals surface area contributed by atoms with Gasteiger partial charge in [0.15, 0.2) is 0 Å². The fourth-order valence-corrected chi connectivity index (χ4v) is 1.63. The number of nitrogens with zero attached hydrogens (tertiary/aromatic N) is 3. The maximum Gasteiger partial charge on any atom is 0.224 e. The van der Waals surface area contributed by atoms with Gasteiger partial charge in [-0.3, -0.25) is 9.79 Å². The summed E-state index contributed by atoms with van der Waals surface area (Å²) in [6.45, 7) is 2.14. The normalized spacial score (nSPS) is 12.4. The van der Waals surface area contributed by atoms with Gasteiger partial charge < -0.3 is 9.88 Å². The van der Waals surface area contributed by atoms with Gasteiger partial charge in [-0.25, -0.2) is 4.98 Å². The quantitative estimate of drug-likeness (QED) is 0.769. The van der Waals surface area contributed by atoms with Gasteiger partial charge in [-0.15, -0.1) is 0 Å². The van der Waals surface area contributed by atoms with Crippen molar-refractivity contribution in [3.8, 4) is 0 Å². The van der Waals surface area contributed by atoms with Gasteiger partial charge in [0.25, 0.3) is 0 Å². The van der Waals surface area contributed by atoms with Gasteiger partial charge >= 0.3 is 0 Å². The number of rotatable bonds is 0. The number of hydrogen-bond donors (Lipinski definition) is 1. The van der Waals surface area contributed by atoms with Crippen LogP contribution in [-0.4, -0.2) is 28.6 Å². The van der Waals surface area contributed by atoms with E-state index < -0.39 is 0 Å². The van der Waals surface area contributed by atoms with Crippen LogP contribution < -0.4 is 4.90 Å². The first-order chi connectivity index (χ1) is 8.79. The van der Waals surface area contributed by atoms with Crippen LogP contribution in [0.5, 0.6) is 0 Å². The van der Waals surface area contributed by atoms with Crippen molar-refractivity contribution in [1.29, 1.82) is 0 Å². The highest BCUT2D eigenvalue weighted by Crippen LogP contribution is 2.30. The van der Waals surface area contributed by atoms with Crippen molar-refractivity contribution < 1.29 is 4.79 Å². The monoisotopic (exact) mass is 242 g/mol. The third-order valence-electron chi connectivity index (χ3n) is 2.45. The molecule has 0 unspecified atom stereocenters. The number of fused-ring (bicyclic) bond motifs is 1. The summed E-state index contributed by atoms with van der Waals surface area (Å²) >= 11 is 0. The van der Waals surface area contributed by atoms with Gasteiger partial charge in [0.2, 0.25) is 5.91 Å². The Morgan fingerprint density at radius 3 is 2.83 bits per heavy atom. The summed E-state index contributed by atoms with van der Waals surface area (Å²) in [5, 5.41) is 0. The number of nitrogens with one attached hydrogen (secondary N) is 1. The number of H-pyrrole nitrogens is 1. The highest BCUT2D eigenvalue weighted by molar-refractivity contribution is 6.00. The number of carbonyl (C=O) groups excluding carboxylic acids is 1. The Kier molecular flexibility index (Phi) is 3.86. The van der Waals surface area contributed by atoms with E-state index in [0.717, 1.165) is 11.4 Å².